The van der Waals surface area contributed by atoms with Crippen molar-refractivity contribution in [3.63, 3.8) is 0 Å². The smallest absolute Gasteiger partial charge is 0.320 e. The van der Waals surface area contributed by atoms with Gasteiger partial charge in [-0.25, -0.2) is 0 Å². The lowest BCUT2D eigenvalue weighted by Crippen LogP contribution is -2.38. The highest BCUT2D eigenvalue weighted by Crippen LogP contribution is 2.36. The molecule has 16 heavy (non-hydrogen) atoms. The molecule has 1 saturated heterocycles. The minimum absolute atomic E-state index is 0.138. The molecule has 1 aliphatic heterocycles. The van der Waals surface area contributed by atoms with Crippen LogP contribution in [-0.4, -0.2) is 48.3 Å². The van der Waals surface area contributed by atoms with Gasteiger partial charge in [0.15, 0.2) is 0 Å². The molecule has 0 amide bonds. The Bertz CT molecular complexity index is 253. The highest BCUT2D eigenvalue weighted by atomic mass is 16.5. The van der Waals surface area contributed by atoms with Crippen molar-refractivity contribution in [2.24, 2.45) is 11.3 Å². The number of ether oxygens (including phenoxy) is 1. The fourth-order valence-electron chi connectivity index (χ4n) is 2.24. The van der Waals surface area contributed by atoms with E-state index in [0.29, 0.717) is 5.92 Å². The van der Waals surface area contributed by atoms with Crippen molar-refractivity contribution in [3.05, 3.63) is 0 Å². The lowest BCUT2D eigenvalue weighted by atomic mass is 9.83. The van der Waals surface area contributed by atoms with Gasteiger partial charge < -0.3 is 9.84 Å². The molecule has 1 fully saturated rings. The number of rotatable bonds is 5. The molecular weight excluding hydrogens is 206 g/mol. The average Bonchev–Trinajstić information content (AvgIpc) is 2.49. The maximum atomic E-state index is 10.9. The van der Waals surface area contributed by atoms with Gasteiger partial charge in [0.05, 0.1) is 6.61 Å². The highest BCUT2D eigenvalue weighted by molar-refractivity contribution is 5.72. The molecular formula is C12H23NO3. The summed E-state index contributed by atoms with van der Waals surface area (Å²) in [5.41, 5.74) is 0.138. The van der Waals surface area contributed by atoms with E-state index in [0.717, 1.165) is 26.3 Å². The van der Waals surface area contributed by atoms with Gasteiger partial charge in [-0.3, -0.25) is 9.69 Å². The summed E-state index contributed by atoms with van der Waals surface area (Å²) in [4.78, 5) is 13.0. The Morgan fingerprint density at radius 3 is 2.75 bits per heavy atom. The molecule has 0 aromatic rings. The Morgan fingerprint density at radius 2 is 2.25 bits per heavy atom. The summed E-state index contributed by atoms with van der Waals surface area (Å²) in [7, 11) is 0. The quantitative estimate of drug-likeness (QED) is 0.775. The summed E-state index contributed by atoms with van der Waals surface area (Å²) in [6.07, 6.45) is 0. The van der Waals surface area contributed by atoms with Crippen LogP contribution >= 0.6 is 0 Å². The minimum atomic E-state index is -0.743. The van der Waals surface area contributed by atoms with Crippen molar-refractivity contribution < 1.29 is 14.6 Å². The zero-order valence-electron chi connectivity index (χ0n) is 10.7. The second-order valence-electron chi connectivity index (χ2n) is 5.29. The number of nitrogens with zero attached hydrogens (tertiary/aromatic N) is 1. The number of likely N-dealkylation sites (tertiary alicyclic amines) is 1. The third-order valence-corrected chi connectivity index (χ3v) is 3.60. The Kier molecular flexibility index (Phi) is 4.33. The molecule has 0 aliphatic carbocycles. The van der Waals surface area contributed by atoms with Crippen molar-refractivity contribution in [2.75, 3.05) is 26.3 Å². The van der Waals surface area contributed by atoms with Gasteiger partial charge in [0, 0.05) is 25.6 Å². The molecule has 0 saturated carbocycles. The fraction of sp³-hybridized carbons (Fsp3) is 0.917. The van der Waals surface area contributed by atoms with Gasteiger partial charge in [0.2, 0.25) is 0 Å². The summed E-state index contributed by atoms with van der Waals surface area (Å²) < 4.78 is 5.47. The van der Waals surface area contributed by atoms with Gasteiger partial charge in [-0.15, -0.1) is 0 Å². The van der Waals surface area contributed by atoms with Gasteiger partial charge in [-0.05, 0) is 19.3 Å². The molecule has 0 bridgehead atoms. The molecule has 4 nitrogen and oxygen atoms in total. The van der Waals surface area contributed by atoms with Crippen LogP contribution in [0.4, 0.5) is 0 Å². The normalized spacial score (nSPS) is 26.9. The van der Waals surface area contributed by atoms with Crippen LogP contribution in [0.3, 0.4) is 0 Å². The van der Waals surface area contributed by atoms with E-state index in [9.17, 15) is 4.79 Å². The SMILES string of the molecule is CCOC[C@H]1CN([C@@H](C)C(=O)O)CC1(C)C. The third kappa shape index (κ3) is 2.95. The molecule has 1 N–H and O–H groups in total. The van der Waals surface area contributed by atoms with Crippen LogP contribution in [0.5, 0.6) is 0 Å². The van der Waals surface area contributed by atoms with Crippen molar-refractivity contribution in [3.8, 4) is 0 Å². The molecule has 0 spiro atoms. The van der Waals surface area contributed by atoms with E-state index >= 15 is 0 Å². The van der Waals surface area contributed by atoms with Crippen LogP contribution in [0.15, 0.2) is 0 Å². The first-order valence-electron chi connectivity index (χ1n) is 5.93. The van der Waals surface area contributed by atoms with Gasteiger partial charge in [0.1, 0.15) is 6.04 Å². The molecule has 0 aromatic heterocycles. The maximum absolute atomic E-state index is 10.9. The lowest BCUT2D eigenvalue weighted by Gasteiger charge is -2.25. The number of carboxylic acid groups (broad SMARTS) is 1. The Labute approximate surface area is 97.6 Å². The van der Waals surface area contributed by atoms with Crippen molar-refractivity contribution in [1.29, 1.82) is 0 Å². The minimum Gasteiger partial charge on any atom is -0.480 e. The summed E-state index contributed by atoms with van der Waals surface area (Å²) in [5.74, 6) is -0.317. The van der Waals surface area contributed by atoms with Crippen molar-refractivity contribution in [1.82, 2.24) is 4.90 Å². The zero-order valence-corrected chi connectivity index (χ0v) is 10.7. The number of hydrogen-bond acceptors (Lipinski definition) is 3. The number of carboxylic acids is 1. The van der Waals surface area contributed by atoms with E-state index in [1.165, 1.54) is 0 Å². The van der Waals surface area contributed by atoms with E-state index in [4.69, 9.17) is 9.84 Å². The molecule has 0 unspecified atom stereocenters. The van der Waals surface area contributed by atoms with Gasteiger partial charge in [-0.1, -0.05) is 13.8 Å². The monoisotopic (exact) mass is 229 g/mol. The topological polar surface area (TPSA) is 49.8 Å². The first-order chi connectivity index (χ1) is 7.38. The van der Waals surface area contributed by atoms with Crippen LogP contribution in [-0.2, 0) is 9.53 Å². The molecule has 1 heterocycles. The fourth-order valence-corrected chi connectivity index (χ4v) is 2.24. The predicted molar refractivity (Wildman–Crippen MR) is 62.4 cm³/mol. The van der Waals surface area contributed by atoms with Crippen LogP contribution < -0.4 is 0 Å². The second kappa shape index (κ2) is 5.15. The number of hydrogen-bond donors (Lipinski definition) is 1. The number of carbonyl (C=O) groups is 1. The Balaban J connectivity index is 2.60. The first-order valence-corrected chi connectivity index (χ1v) is 5.93. The van der Waals surface area contributed by atoms with Gasteiger partial charge in [0.25, 0.3) is 0 Å². The second-order valence-corrected chi connectivity index (χ2v) is 5.29. The van der Waals surface area contributed by atoms with E-state index < -0.39 is 12.0 Å². The van der Waals surface area contributed by atoms with Crippen molar-refractivity contribution in [2.45, 2.75) is 33.7 Å². The molecule has 2 atom stereocenters. The highest BCUT2D eigenvalue weighted by Gasteiger charge is 2.42. The molecule has 0 aromatic carbocycles. The van der Waals surface area contributed by atoms with Crippen LogP contribution in [0.2, 0.25) is 0 Å². The molecule has 4 heteroatoms. The van der Waals surface area contributed by atoms with Gasteiger partial charge in [-0.2, -0.15) is 0 Å². The van der Waals surface area contributed by atoms with E-state index in [2.05, 4.69) is 13.8 Å². The molecule has 1 aliphatic rings. The molecule has 94 valence electrons. The summed E-state index contributed by atoms with van der Waals surface area (Å²) >= 11 is 0. The Morgan fingerprint density at radius 1 is 1.62 bits per heavy atom. The predicted octanol–water partition coefficient (Wildman–Crippen LogP) is 1.45. The van der Waals surface area contributed by atoms with Crippen LogP contribution in [0.25, 0.3) is 0 Å². The maximum Gasteiger partial charge on any atom is 0.320 e. The lowest BCUT2D eigenvalue weighted by molar-refractivity contribution is -0.142. The largest absolute Gasteiger partial charge is 0.480 e. The van der Waals surface area contributed by atoms with E-state index in [-0.39, 0.29) is 5.41 Å². The summed E-state index contributed by atoms with van der Waals surface area (Å²) in [5, 5.41) is 9.00. The summed E-state index contributed by atoms with van der Waals surface area (Å²) in [6, 6.07) is -0.397. The Hall–Kier alpha value is -0.610. The average molecular weight is 229 g/mol. The summed E-state index contributed by atoms with van der Waals surface area (Å²) in [6.45, 7) is 11.2. The van der Waals surface area contributed by atoms with Crippen LogP contribution in [0, 0.1) is 11.3 Å². The van der Waals surface area contributed by atoms with Crippen molar-refractivity contribution >= 4 is 5.97 Å². The van der Waals surface area contributed by atoms with Crippen LogP contribution in [0.1, 0.15) is 27.7 Å². The third-order valence-electron chi connectivity index (χ3n) is 3.60. The zero-order chi connectivity index (χ0) is 12.3. The first kappa shape index (κ1) is 13.5. The van der Waals surface area contributed by atoms with E-state index in [1.807, 2.05) is 11.8 Å². The molecule has 1 rings (SSSR count). The molecule has 0 radical (unpaired) electrons. The van der Waals surface area contributed by atoms with Gasteiger partial charge >= 0.3 is 5.97 Å². The number of aliphatic carboxylic acids is 1. The standard InChI is InChI=1S/C12H23NO3/c1-5-16-7-10-6-13(8-12(10,3)4)9(2)11(14)15/h9-10H,5-8H2,1-4H3,(H,14,15)/t9-,10+/m0/s1. The van der Waals surface area contributed by atoms with E-state index in [1.54, 1.807) is 6.92 Å².